The van der Waals surface area contributed by atoms with Gasteiger partial charge in [-0.3, -0.25) is 106 Å². The summed E-state index contributed by atoms with van der Waals surface area (Å²) in [7, 11) is -18.9. The number of hydrogen-bond donors (Lipinski definition) is 22. The number of nitrogens with two attached hydrogens (primary N) is 4. The summed E-state index contributed by atoms with van der Waals surface area (Å²) in [6.45, 7) is -3.88. The molecule has 12 heterocycles. The molecule has 4 aliphatic rings. The molecule has 117 heavy (non-hydrogen) atoms. The molecule has 4 unspecified atom stereocenters. The number of aryl methyl sites for hydroxylation is 2. The number of ether oxygens (including phenoxy) is 4. The fraction of sp³-hybridized carbons (Fsp3) is 0.615. The van der Waals surface area contributed by atoms with E-state index in [0.29, 0.717) is 0 Å². The number of thioether (sulfide) groups is 2. The van der Waals surface area contributed by atoms with E-state index in [-0.39, 0.29) is 118 Å². The zero-order valence-corrected chi connectivity index (χ0v) is 66.8. The number of fused-ring (bicyclic) bond motifs is 4. The molecule has 26 N–H and O–H groups in total. The van der Waals surface area contributed by atoms with E-state index in [0.717, 1.165) is 50.4 Å². The summed E-state index contributed by atoms with van der Waals surface area (Å²) in [5, 5.41) is 92.1. The van der Waals surface area contributed by atoms with E-state index < -0.39 is 188 Å². The van der Waals surface area contributed by atoms with E-state index in [1.165, 1.54) is 40.1 Å². The van der Waals surface area contributed by atoms with Gasteiger partial charge < -0.3 is 102 Å². The van der Waals surface area contributed by atoms with Gasteiger partial charge in [0.2, 0.25) is 35.4 Å². The Balaban J connectivity index is 0.000000223. The zero-order valence-electron chi connectivity index (χ0n) is 60.8. The summed E-state index contributed by atoms with van der Waals surface area (Å²) >= 11 is 2.23. The molecule has 4 fully saturated rings. The highest BCUT2D eigenvalue weighted by Gasteiger charge is 2.51. The van der Waals surface area contributed by atoms with Gasteiger partial charge in [-0.25, -0.2) is 42.6 Å². The molecule has 65 heteroatoms. The fourth-order valence-electron chi connectivity index (χ4n) is 11.6. The number of imidazole rings is 4. The van der Waals surface area contributed by atoms with Crippen LogP contribution in [-0.4, -0.2) is 306 Å². The Kier molecular flexibility index (Phi) is 29.8. The first kappa shape index (κ1) is 92.5. The van der Waals surface area contributed by atoms with Crippen molar-refractivity contribution in [3.8, 4) is 0 Å². The molecule has 0 aliphatic carbocycles. The quantitative estimate of drug-likeness (QED) is 0.00577. The van der Waals surface area contributed by atoms with E-state index in [4.69, 9.17) is 87.9 Å². The van der Waals surface area contributed by atoms with Crippen LogP contribution in [0.5, 0.6) is 0 Å². The number of phosphoric acid groups is 4. The summed E-state index contributed by atoms with van der Waals surface area (Å²) in [6, 6.07) is 0. The predicted molar refractivity (Wildman–Crippen MR) is 391 cm³/mol. The third kappa shape index (κ3) is 21.9. The lowest BCUT2D eigenvalue weighted by atomic mass is 10.1. The third-order valence-electron chi connectivity index (χ3n) is 17.1. The number of anilines is 4. The number of phosphoric ester groups is 4. The van der Waals surface area contributed by atoms with Crippen molar-refractivity contribution in [3.63, 3.8) is 0 Å². The van der Waals surface area contributed by atoms with Crippen LogP contribution >= 0.6 is 54.8 Å². The van der Waals surface area contributed by atoms with Crippen LogP contribution in [0.2, 0.25) is 0 Å². The number of aliphatic hydroxyl groups is 8. The van der Waals surface area contributed by atoms with Gasteiger partial charge >= 0.3 is 52.8 Å². The number of hydrogen-bond acceptors (Lipinski definition) is 45. The molecule has 654 valence electrons. The Labute approximate surface area is 660 Å². The van der Waals surface area contributed by atoms with Gasteiger partial charge in [0.25, 0.3) is 34.1 Å². The standard InChI is InChI=1S/C26H38N10O16P2S.C24H34N10O16P2S.C2H8O6S/c1-33-9-35(19-13(33)21(41)31-25(27)29-19)23-17(39)15(37)11(51-23)7-49-53(43,44)47-3-5-55-6-4-48-54(45,46)50-8-12-16(38)18(40)24(52-12)36-10-34(2)14-20(36)30-26(28)32-22(14)42;25-23-29-17-11(19(39)31-23)27-7-33(17)21-15(37)13(35)9(49-21)5-47-51(41,42)45-1-3-53-4-2-46-52(43,44)48-6-10-14(36)16(38)22(50-10)34-8-28-12-18(34)30-24(26)32-20(12)40;1-6-9(4,5,7-2)8-3/h9-12,15-18,23-24,37-40H,3-8H2,1-2H3,(H6-2,27,28,29,30,31,32,41,42,43,44,45,46);7-10,13-16,21-22,35-38H,1-6H2,(H,41,42)(H,43,44)(H3,25,29,31,39)(H3,26,30,32,40);3H,1-2H3,(H,4,5)/p+2/t11-,12-,15-,16-,17-,18-,23-,24-;9-,10-,13-,14-,15-,16-,21-,22-;/m11./s1. The molecular weight excluding hydrogens is 1730 g/mol. The molecule has 58 nitrogen and oxygen atoms in total. The third-order valence-corrected chi connectivity index (χ3v) is 24.3. The van der Waals surface area contributed by atoms with Gasteiger partial charge in [-0.2, -0.15) is 37.7 Å². The summed E-state index contributed by atoms with van der Waals surface area (Å²) in [6.07, 6.45) is -17.6. The number of H-pyrrole nitrogens is 4. The van der Waals surface area contributed by atoms with Gasteiger partial charge in [-0.15, -0.1) is 0 Å². The predicted octanol–water partition coefficient (Wildman–Crippen LogP) is -8.02. The SMILES string of the molecule is COS(=O)(O)(OC)OO.Cn1c[n+]([C@@H]2O[C@H](COP(=O)(O)OCCSCCOP(=O)(O)OC[C@H]3O[C@@H]([n+]4cn(C)c5c(=O)[nH]c(N)nc54)[C@H](O)[C@@H]3O)[C@@H](O)[C@H]2O)c2nc(N)[nH]c(=O)c21.Nc1nc2c(ncn2[C@@H]2O[C@H](COP(=O)(O)OCCSCCOP(=O)(O)OC[C@H]3O[C@@H](n4cnc5c(=O)[nH]c(N)nc54)[C@H](O)[C@@H]3O)[C@@H](O)[C@H]2O)c(=O)[nH]1. The van der Waals surface area contributed by atoms with Gasteiger partial charge in [0.15, 0.2) is 47.4 Å². The Bertz CT molecular complexity index is 5040. The maximum Gasteiger partial charge on any atom is 0.472 e. The summed E-state index contributed by atoms with van der Waals surface area (Å²) in [4.78, 5) is 122. The summed E-state index contributed by atoms with van der Waals surface area (Å²) in [5.74, 6) is -0.377. The van der Waals surface area contributed by atoms with Crippen molar-refractivity contribution in [1.29, 1.82) is 0 Å². The summed E-state index contributed by atoms with van der Waals surface area (Å²) in [5.41, 5.74) is 20.2. The van der Waals surface area contributed by atoms with E-state index in [9.17, 15) is 102 Å². The second kappa shape index (κ2) is 37.7. The van der Waals surface area contributed by atoms with Gasteiger partial charge in [0.1, 0.15) is 73.2 Å². The lowest BCUT2D eigenvalue weighted by Gasteiger charge is -2.26. The first-order valence-corrected chi connectivity index (χ1v) is 43.4. The number of nitrogens with one attached hydrogen (secondary N) is 4. The first-order chi connectivity index (χ1) is 54.9. The maximum atomic E-state index is 12.4. The minimum absolute atomic E-state index is 0.0304. The van der Waals surface area contributed by atoms with Crippen molar-refractivity contribution in [2.75, 3.05) is 113 Å². The molecule has 0 spiro atoms. The highest BCUT2D eigenvalue weighted by molar-refractivity contribution is 8.02. The van der Waals surface area contributed by atoms with Crippen LogP contribution in [0.4, 0.5) is 23.8 Å². The van der Waals surface area contributed by atoms with Gasteiger partial charge in [-0.05, 0) is 0 Å². The van der Waals surface area contributed by atoms with E-state index in [2.05, 4.69) is 62.5 Å². The Morgan fingerprint density at radius 3 is 1.06 bits per heavy atom. The zero-order chi connectivity index (χ0) is 85.8. The Morgan fingerprint density at radius 2 is 0.761 bits per heavy atom. The van der Waals surface area contributed by atoms with Crippen LogP contribution in [0.1, 0.15) is 24.9 Å². The van der Waals surface area contributed by atoms with Crippen LogP contribution < -0.4 is 54.3 Å². The lowest BCUT2D eigenvalue weighted by Crippen LogP contribution is -2.46. The second-order valence-corrected chi connectivity index (χ2v) is 35.5. The monoisotopic (exact) mass is 1810 g/mol. The van der Waals surface area contributed by atoms with E-state index in [1.807, 2.05) is 0 Å². The van der Waals surface area contributed by atoms with E-state index >= 15 is 0 Å². The molecule has 0 amide bonds. The van der Waals surface area contributed by atoms with Gasteiger partial charge in [0, 0.05) is 23.0 Å². The molecule has 8 aromatic rings. The Hall–Kier alpha value is -6.79. The van der Waals surface area contributed by atoms with Crippen molar-refractivity contribution >= 4 is 133 Å². The van der Waals surface area contributed by atoms with Crippen LogP contribution in [0, 0.1) is 0 Å². The van der Waals surface area contributed by atoms with Crippen LogP contribution in [0.15, 0.2) is 44.5 Å². The van der Waals surface area contributed by atoms with Crippen LogP contribution in [-0.2, 0) is 110 Å². The number of aromatic nitrogens is 16. The summed E-state index contributed by atoms with van der Waals surface area (Å²) < 4.78 is 149. The van der Waals surface area contributed by atoms with Crippen molar-refractivity contribution in [2.45, 2.75) is 98.2 Å². The molecule has 12 rings (SSSR count). The van der Waals surface area contributed by atoms with Crippen molar-refractivity contribution in [2.24, 2.45) is 14.1 Å². The molecule has 0 bridgehead atoms. The molecule has 0 saturated carbocycles. The number of aromatic amines is 4. The Morgan fingerprint density at radius 1 is 0.470 bits per heavy atom. The molecular formula is C52H82N20O38P4S3+2. The maximum absolute atomic E-state index is 12.4. The molecule has 8 aromatic heterocycles. The molecule has 0 aromatic carbocycles. The smallest absolute Gasteiger partial charge is 0.387 e. The molecule has 4 aliphatic heterocycles. The average Bonchev–Trinajstić information content (AvgIpc) is 1.60. The van der Waals surface area contributed by atoms with Crippen molar-refractivity contribution in [3.05, 3.63) is 66.7 Å². The number of nitrogen functional groups attached to an aromatic ring is 4. The number of rotatable bonds is 35. The van der Waals surface area contributed by atoms with Crippen molar-refractivity contribution in [1.82, 2.24) is 68.1 Å². The minimum atomic E-state index is -5.09. The largest absolute Gasteiger partial charge is 0.472 e. The lowest BCUT2D eigenvalue weighted by molar-refractivity contribution is -0.746. The fourth-order valence-corrected chi connectivity index (χ4v) is 16.4. The van der Waals surface area contributed by atoms with Gasteiger partial charge in [0.05, 0.1) is 93.8 Å². The van der Waals surface area contributed by atoms with Crippen molar-refractivity contribution < 1.29 is 170 Å². The number of aliphatic hydroxyl groups excluding tert-OH is 8. The second-order valence-electron chi connectivity index (χ2n) is 25.0. The van der Waals surface area contributed by atoms with Gasteiger partial charge in [-0.1, -0.05) is 14.3 Å². The topological polar surface area (TPSA) is 847 Å². The first-order valence-electron chi connectivity index (χ1n) is 33.4. The average molecular weight is 1820 g/mol. The molecule has 20 atom stereocenters. The van der Waals surface area contributed by atoms with Crippen LogP contribution in [0.3, 0.4) is 0 Å². The normalized spacial score (nSPS) is 27.3. The molecule has 0 radical (unpaired) electrons. The van der Waals surface area contributed by atoms with E-state index in [1.54, 1.807) is 14.1 Å². The highest BCUT2D eigenvalue weighted by Crippen LogP contribution is 2.48. The van der Waals surface area contributed by atoms with Crippen LogP contribution in [0.25, 0.3) is 44.7 Å². The minimum Gasteiger partial charge on any atom is -0.387 e. The highest BCUT2D eigenvalue weighted by atomic mass is 32.3. The molecule has 4 saturated heterocycles. The number of nitrogens with zero attached hydrogens (tertiary/aromatic N) is 12.